The van der Waals surface area contributed by atoms with Crippen molar-refractivity contribution in [3.63, 3.8) is 0 Å². The fraction of sp³-hybridized carbons (Fsp3) is 0.462. The van der Waals surface area contributed by atoms with Gasteiger partial charge in [0, 0.05) is 13.5 Å². The molecule has 0 fully saturated rings. The van der Waals surface area contributed by atoms with E-state index in [4.69, 9.17) is 5.73 Å². The van der Waals surface area contributed by atoms with E-state index in [0.29, 0.717) is 12.5 Å². The highest BCUT2D eigenvalue weighted by Gasteiger charge is 2.09. The second-order valence-corrected chi connectivity index (χ2v) is 3.96. The molecule has 0 heterocycles. The average Bonchev–Trinajstić information content (AvgIpc) is 2.29. The van der Waals surface area contributed by atoms with Crippen LogP contribution in [0.5, 0.6) is 0 Å². The van der Waals surface area contributed by atoms with Crippen molar-refractivity contribution in [2.75, 3.05) is 13.1 Å². The Labute approximate surface area is 97.0 Å². The lowest BCUT2D eigenvalue weighted by Crippen LogP contribution is -2.23. The number of hydrogen-bond acceptors (Lipinski definition) is 2. The first kappa shape index (κ1) is 12.7. The monoisotopic (exact) mass is 220 g/mol. The number of rotatable bonds is 6. The summed E-state index contributed by atoms with van der Waals surface area (Å²) in [5.41, 5.74) is 6.91. The lowest BCUT2D eigenvalue weighted by Gasteiger charge is -2.16. The number of carbonyl (C=O) groups excluding carboxylic acids is 1. The number of hydrogen-bond donors (Lipinski definition) is 2. The predicted octanol–water partition coefficient (Wildman–Crippen LogP) is 1.65. The zero-order valence-corrected chi connectivity index (χ0v) is 9.78. The van der Waals surface area contributed by atoms with Crippen LogP contribution in [0, 0.1) is 0 Å². The molecule has 1 rings (SSSR count). The SMILES string of the molecule is CC(=O)NCC[C@H](CCN)c1ccccc1. The molecule has 3 N–H and O–H groups in total. The topological polar surface area (TPSA) is 55.1 Å². The Morgan fingerprint density at radius 2 is 2.00 bits per heavy atom. The quantitative estimate of drug-likeness (QED) is 0.766. The normalized spacial score (nSPS) is 12.1. The average molecular weight is 220 g/mol. The molecule has 3 heteroatoms. The fourth-order valence-electron chi connectivity index (χ4n) is 1.83. The highest BCUT2D eigenvalue weighted by atomic mass is 16.1. The van der Waals surface area contributed by atoms with Gasteiger partial charge < -0.3 is 11.1 Å². The van der Waals surface area contributed by atoms with E-state index in [1.54, 1.807) is 6.92 Å². The van der Waals surface area contributed by atoms with E-state index < -0.39 is 0 Å². The molecule has 1 aromatic carbocycles. The molecule has 0 aliphatic carbocycles. The maximum Gasteiger partial charge on any atom is 0.216 e. The molecule has 0 saturated carbocycles. The van der Waals surface area contributed by atoms with Gasteiger partial charge in [-0.25, -0.2) is 0 Å². The standard InChI is InChI=1S/C13H20N2O/c1-11(16)15-10-8-13(7-9-14)12-5-3-2-4-6-12/h2-6,13H,7-10,14H2,1H3,(H,15,16)/t13-/m0/s1. The van der Waals surface area contributed by atoms with Gasteiger partial charge in [-0.15, -0.1) is 0 Å². The second kappa shape index (κ2) is 7.01. The first-order chi connectivity index (χ1) is 7.74. The molecule has 0 unspecified atom stereocenters. The summed E-state index contributed by atoms with van der Waals surface area (Å²) in [6, 6.07) is 10.3. The fourth-order valence-corrected chi connectivity index (χ4v) is 1.83. The molecule has 88 valence electrons. The van der Waals surface area contributed by atoms with Crippen molar-refractivity contribution in [1.29, 1.82) is 0 Å². The molecule has 0 saturated heterocycles. The molecule has 0 aliphatic heterocycles. The van der Waals surface area contributed by atoms with Crippen molar-refractivity contribution >= 4 is 5.91 Å². The molecule has 0 radical (unpaired) electrons. The molecule has 0 aromatic heterocycles. The Morgan fingerprint density at radius 1 is 1.31 bits per heavy atom. The Balaban J connectivity index is 2.51. The van der Waals surface area contributed by atoms with Gasteiger partial charge in [0.15, 0.2) is 0 Å². The smallest absolute Gasteiger partial charge is 0.216 e. The zero-order valence-electron chi connectivity index (χ0n) is 9.78. The number of amides is 1. The van der Waals surface area contributed by atoms with E-state index >= 15 is 0 Å². The summed E-state index contributed by atoms with van der Waals surface area (Å²) in [5.74, 6) is 0.470. The van der Waals surface area contributed by atoms with Gasteiger partial charge in [0.2, 0.25) is 5.91 Å². The summed E-state index contributed by atoms with van der Waals surface area (Å²) in [5, 5.41) is 2.82. The Kier molecular flexibility index (Phi) is 5.57. The Hall–Kier alpha value is -1.35. The van der Waals surface area contributed by atoms with Crippen LogP contribution in [-0.2, 0) is 4.79 Å². The van der Waals surface area contributed by atoms with Gasteiger partial charge in [-0.1, -0.05) is 30.3 Å². The molecule has 1 amide bonds. The molecular formula is C13H20N2O. The van der Waals surface area contributed by atoms with Crippen molar-refractivity contribution in [3.05, 3.63) is 35.9 Å². The summed E-state index contributed by atoms with van der Waals surface area (Å²) in [6.45, 7) is 2.94. The molecular weight excluding hydrogens is 200 g/mol. The number of carbonyl (C=O) groups is 1. The van der Waals surface area contributed by atoms with Crippen molar-refractivity contribution in [2.45, 2.75) is 25.7 Å². The third kappa shape index (κ3) is 4.45. The Bertz CT molecular complexity index is 311. The lowest BCUT2D eigenvalue weighted by molar-refractivity contribution is -0.118. The summed E-state index contributed by atoms with van der Waals surface area (Å²) in [4.78, 5) is 10.8. The molecule has 0 bridgehead atoms. The van der Waals surface area contributed by atoms with Crippen molar-refractivity contribution in [1.82, 2.24) is 5.32 Å². The van der Waals surface area contributed by atoms with E-state index in [9.17, 15) is 4.79 Å². The highest BCUT2D eigenvalue weighted by Crippen LogP contribution is 2.21. The van der Waals surface area contributed by atoms with Crippen LogP contribution in [0.15, 0.2) is 30.3 Å². The number of nitrogens with two attached hydrogens (primary N) is 1. The van der Waals surface area contributed by atoms with Crippen LogP contribution in [0.2, 0.25) is 0 Å². The van der Waals surface area contributed by atoms with Gasteiger partial charge in [0.1, 0.15) is 0 Å². The summed E-state index contributed by atoms with van der Waals surface area (Å²) in [7, 11) is 0. The first-order valence-electron chi connectivity index (χ1n) is 5.73. The molecule has 0 spiro atoms. The predicted molar refractivity (Wildman–Crippen MR) is 66.2 cm³/mol. The Morgan fingerprint density at radius 3 is 2.56 bits per heavy atom. The molecule has 1 aromatic rings. The second-order valence-electron chi connectivity index (χ2n) is 3.96. The van der Waals surface area contributed by atoms with Gasteiger partial charge in [0.25, 0.3) is 0 Å². The minimum Gasteiger partial charge on any atom is -0.356 e. The van der Waals surface area contributed by atoms with Gasteiger partial charge in [-0.2, -0.15) is 0 Å². The molecule has 0 aliphatic rings. The van der Waals surface area contributed by atoms with Gasteiger partial charge in [-0.05, 0) is 30.9 Å². The van der Waals surface area contributed by atoms with Crippen LogP contribution >= 0.6 is 0 Å². The lowest BCUT2D eigenvalue weighted by atomic mass is 9.92. The number of nitrogens with one attached hydrogen (secondary N) is 1. The first-order valence-corrected chi connectivity index (χ1v) is 5.73. The van der Waals surface area contributed by atoms with Crippen molar-refractivity contribution < 1.29 is 4.79 Å². The van der Waals surface area contributed by atoms with Crippen LogP contribution in [-0.4, -0.2) is 19.0 Å². The third-order valence-corrected chi connectivity index (χ3v) is 2.65. The maximum atomic E-state index is 10.8. The summed E-state index contributed by atoms with van der Waals surface area (Å²) >= 11 is 0. The molecule has 16 heavy (non-hydrogen) atoms. The van der Waals surface area contributed by atoms with Crippen LogP contribution in [0.1, 0.15) is 31.2 Å². The third-order valence-electron chi connectivity index (χ3n) is 2.65. The van der Waals surface area contributed by atoms with Gasteiger partial charge >= 0.3 is 0 Å². The van der Waals surface area contributed by atoms with E-state index in [1.807, 2.05) is 18.2 Å². The highest BCUT2D eigenvalue weighted by molar-refractivity contribution is 5.72. The number of benzene rings is 1. The van der Waals surface area contributed by atoms with Crippen LogP contribution in [0.25, 0.3) is 0 Å². The van der Waals surface area contributed by atoms with E-state index in [0.717, 1.165) is 19.4 Å². The molecule has 1 atom stereocenters. The largest absolute Gasteiger partial charge is 0.356 e. The van der Waals surface area contributed by atoms with Crippen molar-refractivity contribution in [2.24, 2.45) is 5.73 Å². The van der Waals surface area contributed by atoms with Gasteiger partial charge in [0.05, 0.1) is 0 Å². The molecule has 3 nitrogen and oxygen atoms in total. The van der Waals surface area contributed by atoms with Gasteiger partial charge in [-0.3, -0.25) is 4.79 Å². The van der Waals surface area contributed by atoms with Crippen LogP contribution < -0.4 is 11.1 Å². The van der Waals surface area contributed by atoms with E-state index in [2.05, 4.69) is 17.4 Å². The zero-order chi connectivity index (χ0) is 11.8. The minimum absolute atomic E-state index is 0.0274. The van der Waals surface area contributed by atoms with Crippen LogP contribution in [0.4, 0.5) is 0 Å². The maximum absolute atomic E-state index is 10.8. The van der Waals surface area contributed by atoms with E-state index in [-0.39, 0.29) is 5.91 Å². The van der Waals surface area contributed by atoms with Crippen LogP contribution in [0.3, 0.4) is 0 Å². The summed E-state index contributed by atoms with van der Waals surface area (Å²) < 4.78 is 0. The minimum atomic E-state index is 0.0274. The van der Waals surface area contributed by atoms with E-state index in [1.165, 1.54) is 5.56 Å². The summed E-state index contributed by atoms with van der Waals surface area (Å²) in [6.07, 6.45) is 1.91. The van der Waals surface area contributed by atoms with Crippen molar-refractivity contribution in [3.8, 4) is 0 Å².